The van der Waals surface area contributed by atoms with E-state index in [1.807, 2.05) is 0 Å². The number of carbonyl (C=O) groups is 1. The largest absolute Gasteiger partial charge is 0.465 e. The Labute approximate surface area is 144 Å². The van der Waals surface area contributed by atoms with Crippen LogP contribution in [-0.2, 0) is 4.84 Å². The van der Waals surface area contributed by atoms with E-state index in [-0.39, 0.29) is 5.41 Å². The molecule has 1 aliphatic carbocycles. The highest BCUT2D eigenvalue weighted by atomic mass is 16.6. The first-order valence-electron chi connectivity index (χ1n) is 9.39. The summed E-state index contributed by atoms with van der Waals surface area (Å²) in [7, 11) is 1.64. The van der Waals surface area contributed by atoms with Gasteiger partial charge in [0.05, 0.1) is 5.71 Å². The Bertz CT molecular complexity index is 480. The Morgan fingerprint density at radius 1 is 1.29 bits per heavy atom. The third-order valence-corrected chi connectivity index (χ3v) is 6.28. The SMILES string of the molecule is CCC/C(=N/OC)C1CCN(C2CC3(CCN(C(=O)O)C3)C2)CC1. The fourth-order valence-corrected chi connectivity index (χ4v) is 4.93. The number of carboxylic acid groups (broad SMARTS) is 1. The van der Waals surface area contributed by atoms with E-state index in [2.05, 4.69) is 17.0 Å². The highest BCUT2D eigenvalue weighted by Crippen LogP contribution is 2.50. The van der Waals surface area contributed by atoms with Crippen LogP contribution in [-0.4, -0.2) is 66.0 Å². The molecule has 3 rings (SSSR count). The first-order chi connectivity index (χ1) is 11.6. The van der Waals surface area contributed by atoms with Gasteiger partial charge in [0.1, 0.15) is 7.11 Å². The molecule has 1 spiro atoms. The second kappa shape index (κ2) is 7.30. The first-order valence-corrected chi connectivity index (χ1v) is 9.39. The second-order valence-corrected chi connectivity index (χ2v) is 7.84. The monoisotopic (exact) mass is 337 g/mol. The molecular weight excluding hydrogens is 306 g/mol. The van der Waals surface area contributed by atoms with Crippen LogP contribution in [0.4, 0.5) is 4.79 Å². The predicted molar refractivity (Wildman–Crippen MR) is 93.3 cm³/mol. The van der Waals surface area contributed by atoms with Crippen molar-refractivity contribution in [3.63, 3.8) is 0 Å². The van der Waals surface area contributed by atoms with Gasteiger partial charge in [-0.05, 0) is 57.0 Å². The number of hydrogen-bond donors (Lipinski definition) is 1. The maximum absolute atomic E-state index is 11.1. The Hall–Kier alpha value is -1.30. The first kappa shape index (κ1) is 17.5. The standard InChI is InChI=1S/C18H31N3O3/c1-3-4-16(19-24-2)14-5-8-20(9-6-14)15-11-18(12-15)7-10-21(13-18)17(22)23/h14-15H,3-13H2,1-2H3,(H,22,23)/b19-16-. The van der Waals surface area contributed by atoms with Crippen LogP contribution >= 0.6 is 0 Å². The molecule has 0 atom stereocenters. The van der Waals surface area contributed by atoms with Crippen LogP contribution in [0.2, 0.25) is 0 Å². The number of piperidine rings is 1. The molecule has 136 valence electrons. The summed E-state index contributed by atoms with van der Waals surface area (Å²) in [5.41, 5.74) is 1.52. The maximum atomic E-state index is 11.1. The summed E-state index contributed by atoms with van der Waals surface area (Å²) in [6.07, 6.45) is 7.15. The number of amides is 1. The highest BCUT2D eigenvalue weighted by molar-refractivity contribution is 5.86. The van der Waals surface area contributed by atoms with Crippen LogP contribution in [0, 0.1) is 11.3 Å². The zero-order valence-electron chi connectivity index (χ0n) is 15.0. The number of nitrogens with zero attached hydrogens (tertiary/aromatic N) is 3. The summed E-state index contributed by atoms with van der Waals surface area (Å²) in [5, 5.41) is 13.4. The van der Waals surface area contributed by atoms with Crippen molar-refractivity contribution in [3.05, 3.63) is 0 Å². The molecule has 1 saturated carbocycles. The third-order valence-electron chi connectivity index (χ3n) is 6.28. The van der Waals surface area contributed by atoms with Crippen molar-refractivity contribution < 1.29 is 14.7 Å². The van der Waals surface area contributed by atoms with E-state index in [0.717, 1.165) is 45.4 Å². The molecule has 24 heavy (non-hydrogen) atoms. The van der Waals surface area contributed by atoms with Gasteiger partial charge in [0.15, 0.2) is 0 Å². The molecule has 2 aliphatic heterocycles. The molecule has 3 fully saturated rings. The van der Waals surface area contributed by atoms with E-state index in [4.69, 9.17) is 9.94 Å². The summed E-state index contributed by atoms with van der Waals surface area (Å²) in [4.78, 5) is 20.4. The van der Waals surface area contributed by atoms with Crippen molar-refractivity contribution in [1.29, 1.82) is 0 Å². The van der Waals surface area contributed by atoms with E-state index >= 15 is 0 Å². The molecule has 0 aromatic carbocycles. The molecule has 0 aromatic rings. The van der Waals surface area contributed by atoms with Gasteiger partial charge in [0.25, 0.3) is 0 Å². The van der Waals surface area contributed by atoms with Crippen LogP contribution < -0.4 is 0 Å². The van der Waals surface area contributed by atoms with Gasteiger partial charge in [-0.2, -0.15) is 0 Å². The summed E-state index contributed by atoms with van der Waals surface area (Å²) in [6.45, 7) is 5.94. The van der Waals surface area contributed by atoms with Gasteiger partial charge in [-0.25, -0.2) is 4.79 Å². The van der Waals surface area contributed by atoms with Crippen LogP contribution in [0.25, 0.3) is 0 Å². The number of rotatable bonds is 5. The molecular formula is C18H31N3O3. The van der Waals surface area contributed by atoms with Gasteiger partial charge >= 0.3 is 6.09 Å². The topological polar surface area (TPSA) is 65.4 Å². The zero-order chi connectivity index (χ0) is 17.2. The van der Waals surface area contributed by atoms with E-state index in [1.54, 1.807) is 12.0 Å². The second-order valence-electron chi connectivity index (χ2n) is 7.84. The minimum absolute atomic E-state index is 0.283. The van der Waals surface area contributed by atoms with Crippen molar-refractivity contribution in [2.75, 3.05) is 33.3 Å². The summed E-state index contributed by atoms with van der Waals surface area (Å²) in [6, 6.07) is 0.661. The van der Waals surface area contributed by atoms with E-state index in [9.17, 15) is 4.79 Å². The van der Waals surface area contributed by atoms with Gasteiger partial charge in [-0.1, -0.05) is 18.5 Å². The Morgan fingerprint density at radius 3 is 2.54 bits per heavy atom. The molecule has 0 bridgehead atoms. The minimum atomic E-state index is -0.753. The molecule has 3 aliphatic rings. The Kier molecular flexibility index (Phi) is 5.33. The van der Waals surface area contributed by atoms with Crippen LogP contribution in [0.15, 0.2) is 5.16 Å². The van der Waals surface area contributed by atoms with Crippen molar-refractivity contribution in [3.8, 4) is 0 Å². The van der Waals surface area contributed by atoms with Crippen LogP contribution in [0.5, 0.6) is 0 Å². The van der Waals surface area contributed by atoms with Crippen LogP contribution in [0.1, 0.15) is 51.9 Å². The van der Waals surface area contributed by atoms with Crippen molar-refractivity contribution in [2.24, 2.45) is 16.5 Å². The summed E-state index contributed by atoms with van der Waals surface area (Å²) >= 11 is 0. The highest BCUT2D eigenvalue weighted by Gasteiger charge is 2.51. The van der Waals surface area contributed by atoms with Gasteiger partial charge in [-0.15, -0.1) is 0 Å². The zero-order valence-corrected chi connectivity index (χ0v) is 15.0. The Balaban J connectivity index is 1.46. The van der Waals surface area contributed by atoms with Crippen molar-refractivity contribution in [1.82, 2.24) is 9.80 Å². The molecule has 0 unspecified atom stereocenters. The van der Waals surface area contributed by atoms with E-state index in [0.29, 0.717) is 12.0 Å². The molecule has 0 radical (unpaired) electrons. The van der Waals surface area contributed by atoms with Gasteiger partial charge in [0, 0.05) is 25.0 Å². The minimum Gasteiger partial charge on any atom is -0.465 e. The molecule has 2 heterocycles. The number of likely N-dealkylation sites (tertiary alicyclic amines) is 2. The van der Waals surface area contributed by atoms with Crippen molar-refractivity contribution in [2.45, 2.75) is 57.9 Å². The molecule has 6 nitrogen and oxygen atoms in total. The molecule has 6 heteroatoms. The fourth-order valence-electron chi connectivity index (χ4n) is 4.93. The lowest BCUT2D eigenvalue weighted by Crippen LogP contribution is -2.54. The Morgan fingerprint density at radius 2 is 2.00 bits per heavy atom. The summed E-state index contributed by atoms with van der Waals surface area (Å²) in [5.74, 6) is 0.573. The normalized spacial score (nSPS) is 32.2. The fraction of sp³-hybridized carbons (Fsp3) is 0.889. The van der Waals surface area contributed by atoms with Gasteiger partial charge in [-0.3, -0.25) is 0 Å². The quantitative estimate of drug-likeness (QED) is 0.618. The predicted octanol–water partition coefficient (Wildman–Crippen LogP) is 3.03. The lowest BCUT2D eigenvalue weighted by molar-refractivity contribution is -0.00482. The van der Waals surface area contributed by atoms with Gasteiger partial charge in [0.2, 0.25) is 0 Å². The molecule has 1 N–H and O–H groups in total. The average molecular weight is 337 g/mol. The molecule has 1 amide bonds. The van der Waals surface area contributed by atoms with Crippen LogP contribution in [0.3, 0.4) is 0 Å². The lowest BCUT2D eigenvalue weighted by Gasteiger charge is -2.51. The number of hydrogen-bond acceptors (Lipinski definition) is 4. The lowest BCUT2D eigenvalue weighted by atomic mass is 9.64. The third kappa shape index (κ3) is 3.53. The van der Waals surface area contributed by atoms with Crippen molar-refractivity contribution >= 4 is 11.8 Å². The average Bonchev–Trinajstić information content (AvgIpc) is 2.99. The van der Waals surface area contributed by atoms with E-state index in [1.165, 1.54) is 31.4 Å². The summed E-state index contributed by atoms with van der Waals surface area (Å²) < 4.78 is 0. The van der Waals surface area contributed by atoms with Gasteiger partial charge < -0.3 is 19.7 Å². The maximum Gasteiger partial charge on any atom is 0.407 e. The smallest absolute Gasteiger partial charge is 0.407 e. The molecule has 0 aromatic heterocycles. The number of oxime groups is 1. The molecule has 2 saturated heterocycles. The van der Waals surface area contributed by atoms with E-state index < -0.39 is 6.09 Å².